The second-order valence-electron chi connectivity index (χ2n) is 3.38. The number of quaternary nitrogens is 1. The van der Waals surface area contributed by atoms with E-state index in [0.29, 0.717) is 32.7 Å². The number of hydrogen-bond acceptors (Lipinski definition) is 4. The summed E-state index contributed by atoms with van der Waals surface area (Å²) in [5.74, 6) is -0.411. The van der Waals surface area contributed by atoms with Crippen LogP contribution in [0.5, 0.6) is 0 Å². The molecule has 0 aliphatic carbocycles. The highest BCUT2D eigenvalue weighted by Gasteiger charge is 2.20. The third kappa shape index (κ3) is 6.22. The first-order chi connectivity index (χ1) is 7.08. The van der Waals surface area contributed by atoms with Gasteiger partial charge in [-0.05, 0) is 13.0 Å². The van der Waals surface area contributed by atoms with Gasteiger partial charge >= 0.3 is 5.97 Å². The fraction of sp³-hybridized carbons (Fsp3) is 0.700. The van der Waals surface area contributed by atoms with Crippen molar-refractivity contribution in [3.05, 3.63) is 12.7 Å². The predicted molar refractivity (Wildman–Crippen MR) is 57.1 cm³/mol. The van der Waals surface area contributed by atoms with E-state index < -0.39 is 5.97 Å². The van der Waals surface area contributed by atoms with Crippen LogP contribution in [0.3, 0.4) is 0 Å². The molecule has 5 heteroatoms. The highest BCUT2D eigenvalue weighted by atomic mass is 16.5. The van der Waals surface area contributed by atoms with Crippen LogP contribution in [0.4, 0.5) is 0 Å². The van der Waals surface area contributed by atoms with Gasteiger partial charge in [-0.25, -0.2) is 5.21 Å². The van der Waals surface area contributed by atoms with E-state index in [1.165, 1.54) is 0 Å². The van der Waals surface area contributed by atoms with Crippen molar-refractivity contribution in [3.8, 4) is 0 Å². The van der Waals surface area contributed by atoms with Crippen molar-refractivity contribution in [2.75, 3.05) is 32.8 Å². The van der Waals surface area contributed by atoms with Crippen LogP contribution in [-0.4, -0.2) is 48.6 Å². The summed E-state index contributed by atoms with van der Waals surface area (Å²) < 4.78 is 4.73. The highest BCUT2D eigenvalue weighted by Crippen LogP contribution is 2.03. The average molecular weight is 217 g/mol. The third-order valence-electron chi connectivity index (χ3n) is 2.21. The fourth-order valence-electron chi connectivity index (χ4n) is 1.22. The maximum absolute atomic E-state index is 10.7. The van der Waals surface area contributed by atoms with Gasteiger partial charge in [0.05, 0.1) is 13.2 Å². The molecule has 0 aromatic heterocycles. The predicted octanol–water partition coefficient (Wildman–Crippen LogP) is 0.290. The van der Waals surface area contributed by atoms with E-state index in [4.69, 9.17) is 10.5 Å². The number of nitrogens with two attached hydrogens (primary N) is 1. The highest BCUT2D eigenvalue weighted by molar-refractivity contribution is 5.71. The molecule has 0 amide bonds. The monoisotopic (exact) mass is 217 g/mol. The molecule has 0 bridgehead atoms. The lowest BCUT2D eigenvalue weighted by Gasteiger charge is -2.27. The van der Waals surface area contributed by atoms with Gasteiger partial charge in [0, 0.05) is 6.42 Å². The Bertz CT molecular complexity index is 209. The van der Waals surface area contributed by atoms with Crippen LogP contribution in [-0.2, 0) is 9.53 Å². The number of hydrogen-bond donors (Lipinski definition) is 2. The van der Waals surface area contributed by atoms with E-state index in [9.17, 15) is 10.0 Å². The number of ether oxygens (including phenoxy) is 1. The number of likely N-dealkylation sites (N-methyl/N-ethyl adjacent to an activating group) is 1. The van der Waals surface area contributed by atoms with Crippen molar-refractivity contribution in [1.82, 2.24) is 0 Å². The molecule has 1 atom stereocenters. The fourth-order valence-corrected chi connectivity index (χ4v) is 1.22. The van der Waals surface area contributed by atoms with Gasteiger partial charge in [-0.1, -0.05) is 6.58 Å². The summed E-state index contributed by atoms with van der Waals surface area (Å²) in [7, 11) is 0. The van der Waals surface area contributed by atoms with Gasteiger partial charge in [0.2, 0.25) is 0 Å². The van der Waals surface area contributed by atoms with E-state index in [2.05, 4.69) is 6.58 Å². The van der Waals surface area contributed by atoms with E-state index in [1.807, 2.05) is 6.92 Å². The minimum atomic E-state index is -0.411. The minimum Gasteiger partial charge on any atom is -0.465 e. The topological polar surface area (TPSA) is 72.5 Å². The average Bonchev–Trinajstić information content (AvgIpc) is 2.24. The van der Waals surface area contributed by atoms with Gasteiger partial charge < -0.3 is 10.5 Å². The first-order valence-electron chi connectivity index (χ1n) is 5.13. The smallest absolute Gasteiger partial charge is 0.319 e. The molecule has 88 valence electrons. The van der Waals surface area contributed by atoms with Crippen LogP contribution in [0.15, 0.2) is 12.7 Å². The molecule has 0 aliphatic heterocycles. The van der Waals surface area contributed by atoms with Gasteiger partial charge in [0.15, 0.2) is 0 Å². The summed E-state index contributed by atoms with van der Waals surface area (Å²) in [6, 6.07) is 0. The van der Waals surface area contributed by atoms with Crippen LogP contribution < -0.4 is 5.73 Å². The number of esters is 1. The third-order valence-corrected chi connectivity index (χ3v) is 2.21. The quantitative estimate of drug-likeness (QED) is 0.201. The molecule has 0 aliphatic rings. The summed E-state index contributed by atoms with van der Waals surface area (Å²) >= 11 is 0. The molecule has 0 fully saturated rings. The second-order valence-corrected chi connectivity index (χ2v) is 3.38. The van der Waals surface area contributed by atoms with Gasteiger partial charge in [-0.3, -0.25) is 4.79 Å². The van der Waals surface area contributed by atoms with E-state index in [-0.39, 0.29) is 11.2 Å². The van der Waals surface area contributed by atoms with Crippen molar-refractivity contribution in [2.24, 2.45) is 5.73 Å². The number of carbonyl (C=O) groups excluding carboxylic acids is 1. The minimum absolute atomic E-state index is 0.0658. The Kier molecular flexibility index (Phi) is 6.94. The molecule has 0 aromatic carbocycles. The molecule has 0 heterocycles. The first kappa shape index (κ1) is 14.1. The molecule has 5 nitrogen and oxygen atoms in total. The number of carbonyl (C=O) groups is 1. The largest absolute Gasteiger partial charge is 0.465 e. The zero-order valence-corrected chi connectivity index (χ0v) is 9.32. The van der Waals surface area contributed by atoms with Crippen LogP contribution in [0.2, 0.25) is 0 Å². The number of hydroxylamine groups is 3. The van der Waals surface area contributed by atoms with Crippen molar-refractivity contribution in [2.45, 2.75) is 13.3 Å². The first-order valence-corrected chi connectivity index (χ1v) is 5.13. The van der Waals surface area contributed by atoms with Crippen molar-refractivity contribution < 1.29 is 19.4 Å². The molecular formula is C10H21N2O3+. The lowest BCUT2D eigenvalue weighted by Crippen LogP contribution is -2.45. The molecule has 0 spiro atoms. The Morgan fingerprint density at radius 1 is 1.67 bits per heavy atom. The normalized spacial score (nSPS) is 14.3. The summed E-state index contributed by atoms with van der Waals surface area (Å²) in [6.45, 7) is 7.34. The molecule has 0 aromatic rings. The Labute approximate surface area is 90.7 Å². The van der Waals surface area contributed by atoms with Crippen molar-refractivity contribution in [1.29, 1.82) is 0 Å². The van der Waals surface area contributed by atoms with Crippen LogP contribution in [0.25, 0.3) is 0 Å². The van der Waals surface area contributed by atoms with Gasteiger partial charge in [-0.15, -0.1) is 0 Å². The Balaban J connectivity index is 3.72. The maximum atomic E-state index is 10.7. The molecular weight excluding hydrogens is 196 g/mol. The number of rotatable bonds is 8. The lowest BCUT2D eigenvalue weighted by atomic mass is 10.3. The molecule has 0 saturated heterocycles. The Morgan fingerprint density at radius 2 is 2.33 bits per heavy atom. The van der Waals surface area contributed by atoms with Crippen molar-refractivity contribution >= 4 is 5.97 Å². The Hall–Kier alpha value is -0.910. The van der Waals surface area contributed by atoms with E-state index in [0.717, 1.165) is 0 Å². The molecule has 0 radical (unpaired) electrons. The van der Waals surface area contributed by atoms with Crippen LogP contribution in [0.1, 0.15) is 13.3 Å². The van der Waals surface area contributed by atoms with Gasteiger partial charge in [0.1, 0.15) is 19.6 Å². The summed E-state index contributed by atoms with van der Waals surface area (Å²) in [5.41, 5.74) is 5.07. The zero-order chi connectivity index (χ0) is 11.7. The second kappa shape index (κ2) is 7.39. The molecule has 0 rings (SSSR count). The summed E-state index contributed by atoms with van der Waals surface area (Å²) in [6.07, 6.45) is 2.29. The lowest BCUT2D eigenvalue weighted by molar-refractivity contribution is -1.10. The van der Waals surface area contributed by atoms with Crippen molar-refractivity contribution in [3.63, 3.8) is 0 Å². The molecule has 3 N–H and O–H groups in total. The molecule has 0 saturated carbocycles. The SMILES string of the molecule is C=CC[N+](O)(CC)CCCOC(=O)CN. The van der Waals surface area contributed by atoms with E-state index in [1.54, 1.807) is 6.08 Å². The zero-order valence-electron chi connectivity index (χ0n) is 9.32. The van der Waals surface area contributed by atoms with E-state index >= 15 is 0 Å². The Morgan fingerprint density at radius 3 is 2.80 bits per heavy atom. The van der Waals surface area contributed by atoms with Crippen LogP contribution in [0, 0.1) is 0 Å². The summed E-state index contributed by atoms with van der Waals surface area (Å²) in [4.78, 5) is 10.7. The summed E-state index contributed by atoms with van der Waals surface area (Å²) in [5, 5.41) is 9.94. The molecule has 1 unspecified atom stereocenters. The molecule has 15 heavy (non-hydrogen) atoms. The standard InChI is InChI=1S/C10H21N2O3/c1-3-6-12(14,4-2)7-5-8-15-10(13)9-11/h3,14H,1,4-9,11H2,2H3/q+1. The van der Waals surface area contributed by atoms with Gasteiger partial charge in [-0.2, -0.15) is 4.65 Å². The maximum Gasteiger partial charge on any atom is 0.319 e. The van der Waals surface area contributed by atoms with Gasteiger partial charge in [0.25, 0.3) is 0 Å². The van der Waals surface area contributed by atoms with Crippen LogP contribution >= 0.6 is 0 Å². The number of nitrogens with zero attached hydrogens (tertiary/aromatic N) is 1.